The van der Waals surface area contributed by atoms with E-state index in [0.717, 1.165) is 6.42 Å². The molecule has 1 rings (SSSR count). The van der Waals surface area contributed by atoms with Crippen LogP contribution in [0, 0.1) is 5.92 Å². The number of nitrogens with two attached hydrogens (primary N) is 1. The third kappa shape index (κ3) is 2.17. The molecule has 1 fully saturated rings. The second kappa shape index (κ2) is 3.11. The molecule has 4 heteroatoms. The molecule has 2 unspecified atom stereocenters. The maximum absolute atomic E-state index is 11.1. The Morgan fingerprint density at radius 3 is 2.64 bits per heavy atom. The molecule has 66 valence electrons. The SMILES string of the molecule is CCC1CS(=O)(=O)CCC1N. The fourth-order valence-electron chi connectivity index (χ4n) is 1.51. The van der Waals surface area contributed by atoms with Crippen LogP contribution in [0.25, 0.3) is 0 Å². The highest BCUT2D eigenvalue weighted by Gasteiger charge is 2.29. The highest BCUT2D eigenvalue weighted by atomic mass is 32.2. The summed E-state index contributed by atoms with van der Waals surface area (Å²) in [6.45, 7) is 1.99. The summed E-state index contributed by atoms with van der Waals surface area (Å²) >= 11 is 0. The molecule has 2 N–H and O–H groups in total. The normalized spacial score (nSPS) is 36.9. The topological polar surface area (TPSA) is 60.2 Å². The minimum atomic E-state index is -2.76. The molecule has 1 aliphatic heterocycles. The van der Waals surface area contributed by atoms with Gasteiger partial charge >= 0.3 is 0 Å². The second-order valence-electron chi connectivity index (χ2n) is 3.24. The smallest absolute Gasteiger partial charge is 0.150 e. The molecule has 1 saturated heterocycles. The monoisotopic (exact) mass is 177 g/mol. The van der Waals surface area contributed by atoms with Crippen molar-refractivity contribution in [3.05, 3.63) is 0 Å². The maximum atomic E-state index is 11.1. The minimum Gasteiger partial charge on any atom is -0.327 e. The lowest BCUT2D eigenvalue weighted by Crippen LogP contribution is -2.41. The van der Waals surface area contributed by atoms with Crippen molar-refractivity contribution in [2.24, 2.45) is 11.7 Å². The first-order chi connectivity index (χ1) is 5.05. The summed E-state index contributed by atoms with van der Waals surface area (Å²) in [5.74, 6) is 0.767. The van der Waals surface area contributed by atoms with Gasteiger partial charge in [0.25, 0.3) is 0 Å². The Balaban J connectivity index is 2.66. The van der Waals surface area contributed by atoms with Gasteiger partial charge in [-0.15, -0.1) is 0 Å². The quantitative estimate of drug-likeness (QED) is 0.620. The van der Waals surface area contributed by atoms with Crippen LogP contribution >= 0.6 is 0 Å². The number of hydrogen-bond acceptors (Lipinski definition) is 3. The molecule has 2 atom stereocenters. The number of rotatable bonds is 1. The highest BCUT2D eigenvalue weighted by Crippen LogP contribution is 2.19. The molecule has 0 radical (unpaired) electrons. The fourth-order valence-corrected chi connectivity index (χ4v) is 3.44. The molecule has 0 aromatic heterocycles. The molecule has 0 saturated carbocycles. The lowest BCUT2D eigenvalue weighted by atomic mass is 9.97. The number of hydrogen-bond donors (Lipinski definition) is 1. The fraction of sp³-hybridized carbons (Fsp3) is 1.00. The van der Waals surface area contributed by atoms with E-state index >= 15 is 0 Å². The Morgan fingerprint density at radius 2 is 2.18 bits per heavy atom. The van der Waals surface area contributed by atoms with E-state index in [1.54, 1.807) is 0 Å². The van der Waals surface area contributed by atoms with Crippen molar-refractivity contribution in [2.75, 3.05) is 11.5 Å². The molecule has 1 heterocycles. The van der Waals surface area contributed by atoms with Crippen LogP contribution in [0.1, 0.15) is 19.8 Å². The summed E-state index contributed by atoms with van der Waals surface area (Å²) in [6.07, 6.45) is 1.52. The van der Waals surface area contributed by atoms with E-state index in [2.05, 4.69) is 0 Å². The Kier molecular flexibility index (Phi) is 2.54. The van der Waals surface area contributed by atoms with Crippen LogP contribution in [0.5, 0.6) is 0 Å². The van der Waals surface area contributed by atoms with Crippen molar-refractivity contribution in [3.8, 4) is 0 Å². The van der Waals surface area contributed by atoms with Gasteiger partial charge < -0.3 is 5.73 Å². The van der Waals surface area contributed by atoms with Crippen molar-refractivity contribution >= 4 is 9.84 Å². The largest absolute Gasteiger partial charge is 0.327 e. The molecule has 0 bridgehead atoms. The lowest BCUT2D eigenvalue weighted by molar-refractivity contribution is 0.412. The van der Waals surface area contributed by atoms with E-state index in [9.17, 15) is 8.42 Å². The van der Waals surface area contributed by atoms with E-state index in [0.29, 0.717) is 12.2 Å². The van der Waals surface area contributed by atoms with Gasteiger partial charge in [0.1, 0.15) is 0 Å². The summed E-state index contributed by atoms with van der Waals surface area (Å²) in [5.41, 5.74) is 5.75. The van der Waals surface area contributed by atoms with Gasteiger partial charge in [0.15, 0.2) is 9.84 Å². The molecule has 11 heavy (non-hydrogen) atoms. The molecule has 0 aromatic rings. The minimum absolute atomic E-state index is 0.100. The zero-order valence-corrected chi connectivity index (χ0v) is 7.60. The average molecular weight is 177 g/mol. The third-order valence-electron chi connectivity index (χ3n) is 2.36. The third-order valence-corrected chi connectivity index (χ3v) is 4.15. The summed E-state index contributed by atoms with van der Waals surface area (Å²) in [4.78, 5) is 0. The van der Waals surface area contributed by atoms with Crippen molar-refractivity contribution < 1.29 is 8.42 Å². The average Bonchev–Trinajstić information content (AvgIpc) is 1.94. The van der Waals surface area contributed by atoms with Crippen LogP contribution in [0.4, 0.5) is 0 Å². The molecule has 0 aliphatic carbocycles. The molecular formula is C7H15NO2S. The summed E-state index contributed by atoms with van der Waals surface area (Å²) in [6, 6.07) is 0.100. The summed E-state index contributed by atoms with van der Waals surface area (Å²) in [7, 11) is -2.76. The predicted octanol–water partition coefficient (Wildman–Crippen LogP) is 0.158. The van der Waals surface area contributed by atoms with Gasteiger partial charge in [-0.2, -0.15) is 0 Å². The van der Waals surface area contributed by atoms with E-state index < -0.39 is 9.84 Å². The number of sulfone groups is 1. The molecular weight excluding hydrogens is 162 g/mol. The standard InChI is InChI=1S/C7H15NO2S/c1-2-6-5-11(9,10)4-3-7(6)8/h6-7H,2-5,8H2,1H3. The lowest BCUT2D eigenvalue weighted by Gasteiger charge is -2.27. The van der Waals surface area contributed by atoms with Crippen molar-refractivity contribution in [1.29, 1.82) is 0 Å². The first-order valence-corrected chi connectivity index (χ1v) is 5.83. The van der Waals surface area contributed by atoms with Crippen LogP contribution in [-0.2, 0) is 9.84 Å². The van der Waals surface area contributed by atoms with E-state index in [1.807, 2.05) is 6.92 Å². The Bertz CT molecular complexity index is 223. The first-order valence-electron chi connectivity index (χ1n) is 4.01. The summed E-state index contributed by atoms with van der Waals surface area (Å²) in [5, 5.41) is 0. The van der Waals surface area contributed by atoms with Gasteiger partial charge in [0.05, 0.1) is 11.5 Å². The molecule has 0 aromatic carbocycles. The Hall–Kier alpha value is -0.0900. The molecule has 0 amide bonds. The van der Waals surface area contributed by atoms with E-state index in [-0.39, 0.29) is 17.7 Å². The van der Waals surface area contributed by atoms with Crippen LogP contribution < -0.4 is 5.73 Å². The molecule has 0 spiro atoms. The van der Waals surface area contributed by atoms with Crippen LogP contribution in [0.15, 0.2) is 0 Å². The van der Waals surface area contributed by atoms with Crippen LogP contribution in [-0.4, -0.2) is 26.0 Å². The van der Waals surface area contributed by atoms with Gasteiger partial charge in [0.2, 0.25) is 0 Å². The molecule has 1 aliphatic rings. The molecule has 3 nitrogen and oxygen atoms in total. The second-order valence-corrected chi connectivity index (χ2v) is 5.46. The van der Waals surface area contributed by atoms with Gasteiger partial charge in [-0.25, -0.2) is 8.42 Å². The Labute approximate surface area is 67.9 Å². The van der Waals surface area contributed by atoms with E-state index in [1.165, 1.54) is 0 Å². The van der Waals surface area contributed by atoms with Gasteiger partial charge in [-0.1, -0.05) is 13.3 Å². The van der Waals surface area contributed by atoms with Crippen LogP contribution in [0.3, 0.4) is 0 Å². The van der Waals surface area contributed by atoms with Gasteiger partial charge in [0, 0.05) is 6.04 Å². The van der Waals surface area contributed by atoms with Crippen molar-refractivity contribution in [1.82, 2.24) is 0 Å². The summed E-state index contributed by atoms with van der Waals surface area (Å²) < 4.78 is 22.2. The first kappa shape index (κ1) is 9.00. The van der Waals surface area contributed by atoms with Crippen LogP contribution in [0.2, 0.25) is 0 Å². The van der Waals surface area contributed by atoms with Gasteiger partial charge in [-0.3, -0.25) is 0 Å². The Morgan fingerprint density at radius 1 is 1.55 bits per heavy atom. The van der Waals surface area contributed by atoms with Crippen molar-refractivity contribution in [3.63, 3.8) is 0 Å². The highest BCUT2D eigenvalue weighted by molar-refractivity contribution is 7.91. The zero-order valence-electron chi connectivity index (χ0n) is 6.79. The van der Waals surface area contributed by atoms with Gasteiger partial charge in [-0.05, 0) is 12.3 Å². The van der Waals surface area contributed by atoms with Crippen molar-refractivity contribution in [2.45, 2.75) is 25.8 Å². The predicted molar refractivity (Wildman–Crippen MR) is 45.0 cm³/mol. The zero-order chi connectivity index (χ0) is 8.48. The van der Waals surface area contributed by atoms with E-state index in [4.69, 9.17) is 5.73 Å². The maximum Gasteiger partial charge on any atom is 0.150 e.